The van der Waals surface area contributed by atoms with Crippen LogP contribution < -0.4 is 5.73 Å². The molecule has 0 spiro atoms. The zero-order valence-corrected chi connectivity index (χ0v) is 17.4. The van der Waals surface area contributed by atoms with Gasteiger partial charge in [0.1, 0.15) is 24.3 Å². The Morgan fingerprint density at radius 1 is 1.32 bits per heavy atom. The molecule has 1 aromatic carbocycles. The monoisotopic (exact) mass is 440 g/mol. The van der Waals surface area contributed by atoms with Gasteiger partial charge < -0.3 is 24.5 Å². The summed E-state index contributed by atoms with van der Waals surface area (Å²) in [5.74, 6) is 2.91. The van der Waals surface area contributed by atoms with Crippen LogP contribution in [0, 0.1) is 12.3 Å². The maximum absolute atomic E-state index is 12.0. The second-order valence-electron chi connectivity index (χ2n) is 7.21. The number of anilines is 1. The van der Waals surface area contributed by atoms with Crippen LogP contribution in [0.5, 0.6) is 0 Å². The molecule has 4 rings (SSSR count). The van der Waals surface area contributed by atoms with Crippen LogP contribution in [0.25, 0.3) is 11.0 Å². The lowest BCUT2D eigenvalue weighted by Gasteiger charge is -2.23. The number of carbonyl (C=O) groups is 1. The third kappa shape index (κ3) is 4.58. The fourth-order valence-electron chi connectivity index (χ4n) is 3.56. The fourth-order valence-corrected chi connectivity index (χ4v) is 3.73. The molecule has 0 unspecified atom stereocenters. The molecule has 2 atom stereocenters. The predicted molar refractivity (Wildman–Crippen MR) is 115 cm³/mol. The second kappa shape index (κ2) is 8.84. The van der Waals surface area contributed by atoms with E-state index in [1.165, 1.54) is 0 Å². The molecule has 8 nitrogen and oxygen atoms in total. The first-order valence-corrected chi connectivity index (χ1v) is 10.2. The molecule has 160 valence electrons. The Labute approximate surface area is 184 Å². The van der Waals surface area contributed by atoms with Gasteiger partial charge in [0.05, 0.1) is 12.0 Å². The van der Waals surface area contributed by atoms with E-state index in [-0.39, 0.29) is 24.3 Å². The van der Waals surface area contributed by atoms with Crippen molar-refractivity contribution in [1.82, 2.24) is 14.5 Å². The van der Waals surface area contributed by atoms with E-state index in [0.717, 1.165) is 5.56 Å². The van der Waals surface area contributed by atoms with Crippen LogP contribution in [0.2, 0.25) is 5.28 Å². The third-order valence-corrected chi connectivity index (χ3v) is 5.35. The van der Waals surface area contributed by atoms with E-state index >= 15 is 0 Å². The molecule has 0 saturated carbocycles. The van der Waals surface area contributed by atoms with Gasteiger partial charge in [-0.25, -0.2) is 9.78 Å². The molecule has 1 saturated heterocycles. The summed E-state index contributed by atoms with van der Waals surface area (Å²) >= 11 is 5.95. The molecule has 0 bridgehead atoms. The summed E-state index contributed by atoms with van der Waals surface area (Å²) in [6, 6.07) is 11.5. The molecule has 2 N–H and O–H groups in total. The molecule has 2 aromatic heterocycles. The number of carbonyl (C=O) groups excluding carboxylic acids is 1. The molecular weight excluding hydrogens is 420 g/mol. The molecule has 9 heteroatoms. The van der Waals surface area contributed by atoms with Crippen molar-refractivity contribution in [2.45, 2.75) is 31.1 Å². The van der Waals surface area contributed by atoms with Crippen LogP contribution >= 0.6 is 11.6 Å². The molecular formula is C22H21ClN4O4. The average molecular weight is 441 g/mol. The van der Waals surface area contributed by atoms with Crippen molar-refractivity contribution in [3.63, 3.8) is 0 Å². The van der Waals surface area contributed by atoms with Gasteiger partial charge in [-0.3, -0.25) is 0 Å². The maximum atomic E-state index is 12.0. The number of hydrogen-bond donors (Lipinski definition) is 1. The van der Waals surface area contributed by atoms with Crippen molar-refractivity contribution >= 4 is 34.6 Å². The number of nitrogens with zero attached hydrogens (tertiary/aromatic N) is 3. The lowest BCUT2D eigenvalue weighted by Crippen LogP contribution is -2.34. The standard InChI is InChI=1S/C22H21ClN4O4/c1-2-22(14-30-21(28)29-13-10-15-6-4-3-5-7-15)11-8-17(31-22)27-12-9-16-18(24)25-20(23)26-19(16)27/h1,3-7,9,12,17H,8,10-11,13-14H2,(H2,24,25,26)/t17-,22+/m1/s1. The van der Waals surface area contributed by atoms with Crippen molar-refractivity contribution in [3.8, 4) is 12.3 Å². The van der Waals surface area contributed by atoms with Crippen LogP contribution in [0.1, 0.15) is 24.6 Å². The minimum atomic E-state index is -1.05. The number of nitrogens with two attached hydrogens (primary N) is 1. The second-order valence-corrected chi connectivity index (χ2v) is 7.55. The highest BCUT2D eigenvalue weighted by Crippen LogP contribution is 2.38. The van der Waals surface area contributed by atoms with E-state index in [1.54, 1.807) is 16.8 Å². The van der Waals surface area contributed by atoms with Crippen LogP contribution in [-0.2, 0) is 20.6 Å². The number of ether oxygens (including phenoxy) is 3. The van der Waals surface area contributed by atoms with E-state index in [9.17, 15) is 4.79 Å². The SMILES string of the molecule is C#C[C@@]1(COC(=O)OCCc2ccccc2)CC[C@H](n2ccc3c(N)nc(Cl)nc32)O1. The van der Waals surface area contributed by atoms with E-state index in [0.29, 0.717) is 30.3 Å². The van der Waals surface area contributed by atoms with Gasteiger partial charge in [-0.05, 0) is 36.1 Å². The molecule has 1 fully saturated rings. The molecule has 1 aliphatic heterocycles. The zero-order chi connectivity index (χ0) is 21.8. The summed E-state index contributed by atoms with van der Waals surface area (Å²) in [5.41, 5.74) is 6.48. The van der Waals surface area contributed by atoms with Gasteiger partial charge in [0.25, 0.3) is 0 Å². The van der Waals surface area contributed by atoms with Crippen molar-refractivity contribution < 1.29 is 19.0 Å². The van der Waals surface area contributed by atoms with Gasteiger partial charge >= 0.3 is 6.16 Å². The Kier molecular flexibility index (Phi) is 5.98. The molecule has 1 aliphatic rings. The highest BCUT2D eigenvalue weighted by Gasteiger charge is 2.41. The van der Waals surface area contributed by atoms with Crippen molar-refractivity contribution in [2.75, 3.05) is 18.9 Å². The predicted octanol–water partition coefficient (Wildman–Crippen LogP) is 3.74. The van der Waals surface area contributed by atoms with E-state index in [1.807, 2.05) is 30.3 Å². The van der Waals surface area contributed by atoms with E-state index in [2.05, 4.69) is 15.9 Å². The number of nitrogen functional groups attached to an aromatic ring is 1. The highest BCUT2D eigenvalue weighted by molar-refractivity contribution is 6.28. The Hall–Kier alpha value is -3.28. The molecule has 0 amide bonds. The van der Waals surface area contributed by atoms with Crippen molar-refractivity contribution in [3.05, 3.63) is 53.4 Å². The summed E-state index contributed by atoms with van der Waals surface area (Å²) in [6.07, 6.45) is 8.03. The van der Waals surface area contributed by atoms with Gasteiger partial charge in [0.15, 0.2) is 5.60 Å². The summed E-state index contributed by atoms with van der Waals surface area (Å²) in [4.78, 5) is 20.2. The Balaban J connectivity index is 1.35. The molecule has 0 radical (unpaired) electrons. The van der Waals surface area contributed by atoms with Crippen molar-refractivity contribution in [2.24, 2.45) is 0 Å². The van der Waals surface area contributed by atoms with Crippen LogP contribution in [0.15, 0.2) is 42.6 Å². The minimum absolute atomic E-state index is 0.0488. The van der Waals surface area contributed by atoms with Gasteiger partial charge in [-0.2, -0.15) is 4.98 Å². The summed E-state index contributed by atoms with van der Waals surface area (Å²) in [7, 11) is 0. The Morgan fingerprint density at radius 2 is 2.13 bits per heavy atom. The highest BCUT2D eigenvalue weighted by atomic mass is 35.5. The van der Waals surface area contributed by atoms with Crippen LogP contribution in [-0.4, -0.2) is 39.5 Å². The summed E-state index contributed by atoms with van der Waals surface area (Å²) in [5, 5.41) is 0.720. The first-order chi connectivity index (χ1) is 15.0. The number of benzene rings is 1. The average Bonchev–Trinajstić information content (AvgIpc) is 3.38. The normalized spacial score (nSPS) is 20.5. The number of rotatable bonds is 6. The molecule has 31 heavy (non-hydrogen) atoms. The number of terminal acetylenes is 1. The maximum Gasteiger partial charge on any atom is 0.508 e. The van der Waals surface area contributed by atoms with Gasteiger partial charge in [-0.1, -0.05) is 36.3 Å². The minimum Gasteiger partial charge on any atom is -0.434 e. The van der Waals surface area contributed by atoms with E-state index in [4.69, 9.17) is 38.0 Å². The Morgan fingerprint density at radius 3 is 2.90 bits per heavy atom. The summed E-state index contributed by atoms with van der Waals surface area (Å²) < 4.78 is 18.3. The quantitative estimate of drug-likeness (QED) is 0.354. The molecule has 3 aromatic rings. The van der Waals surface area contributed by atoms with E-state index < -0.39 is 18.0 Å². The zero-order valence-electron chi connectivity index (χ0n) is 16.7. The largest absolute Gasteiger partial charge is 0.508 e. The Bertz CT molecular complexity index is 1130. The third-order valence-electron chi connectivity index (χ3n) is 5.18. The number of fused-ring (bicyclic) bond motifs is 1. The van der Waals surface area contributed by atoms with Gasteiger partial charge in [0, 0.05) is 12.6 Å². The summed E-state index contributed by atoms with van der Waals surface area (Å²) in [6.45, 7) is 0.105. The number of hydrogen-bond acceptors (Lipinski definition) is 7. The smallest absolute Gasteiger partial charge is 0.434 e. The van der Waals surface area contributed by atoms with Gasteiger partial charge in [-0.15, -0.1) is 6.42 Å². The van der Waals surface area contributed by atoms with Crippen LogP contribution in [0.4, 0.5) is 10.6 Å². The first-order valence-electron chi connectivity index (χ1n) is 9.78. The number of halogens is 1. The van der Waals surface area contributed by atoms with Crippen molar-refractivity contribution in [1.29, 1.82) is 0 Å². The number of aromatic nitrogens is 3. The first kappa shape index (κ1) is 21.0. The fraction of sp³-hybridized carbons (Fsp3) is 0.318. The molecule has 0 aliphatic carbocycles. The lowest BCUT2D eigenvalue weighted by molar-refractivity contribution is -0.0729. The lowest BCUT2D eigenvalue weighted by atomic mass is 10.0. The van der Waals surface area contributed by atoms with Gasteiger partial charge in [0.2, 0.25) is 5.28 Å². The molecule has 3 heterocycles. The topological polar surface area (TPSA) is 101 Å². The van der Waals surface area contributed by atoms with Crippen LogP contribution in [0.3, 0.4) is 0 Å².